The lowest BCUT2D eigenvalue weighted by Gasteiger charge is -2.09. The zero-order valence-electron chi connectivity index (χ0n) is 6.00. The third-order valence-electron chi connectivity index (χ3n) is 1.81. The minimum absolute atomic E-state index is 0.0972. The second kappa shape index (κ2) is 2.71. The molecule has 0 spiro atoms. The van der Waals surface area contributed by atoms with Crippen molar-refractivity contribution in [1.82, 2.24) is 0 Å². The van der Waals surface area contributed by atoms with Gasteiger partial charge in [-0.3, -0.25) is 0 Å². The van der Waals surface area contributed by atoms with Crippen LogP contribution in [-0.4, -0.2) is 31.2 Å². The van der Waals surface area contributed by atoms with Crippen molar-refractivity contribution in [3.05, 3.63) is 0 Å². The van der Waals surface area contributed by atoms with Gasteiger partial charge in [0, 0.05) is 6.00 Å². The van der Waals surface area contributed by atoms with Gasteiger partial charge in [0.1, 0.15) is 7.85 Å². The van der Waals surface area contributed by atoms with Crippen molar-refractivity contribution >= 4 is 7.85 Å². The Morgan fingerprint density at radius 1 is 1.78 bits per heavy atom. The molecule has 1 heterocycles. The van der Waals surface area contributed by atoms with Crippen LogP contribution in [0.15, 0.2) is 0 Å². The highest BCUT2D eigenvalue weighted by atomic mass is 16.5. The second-order valence-corrected chi connectivity index (χ2v) is 2.70. The minimum atomic E-state index is -0.218. The first-order valence-corrected chi connectivity index (χ1v) is 3.57. The number of hydrogen-bond acceptors (Lipinski definition) is 2. The largest absolute Gasteiger partial charge is 0.390 e. The number of ether oxygens (including phenoxy) is 1. The Morgan fingerprint density at radius 2 is 2.44 bits per heavy atom. The molecule has 9 heavy (non-hydrogen) atoms. The average Bonchev–Trinajstić information content (AvgIpc) is 2.10. The summed E-state index contributed by atoms with van der Waals surface area (Å²) in [5.41, 5.74) is 0. The molecule has 1 aliphatic rings. The molecule has 0 amide bonds. The fraction of sp³-hybridized carbons (Fsp3) is 1.00. The van der Waals surface area contributed by atoms with Crippen molar-refractivity contribution in [1.29, 1.82) is 0 Å². The molecule has 3 heteroatoms. The van der Waals surface area contributed by atoms with Crippen molar-refractivity contribution < 1.29 is 9.84 Å². The molecule has 0 radical (unpaired) electrons. The normalized spacial score (nSPS) is 43.6. The van der Waals surface area contributed by atoms with Gasteiger partial charge in [-0.15, -0.1) is 0 Å². The summed E-state index contributed by atoms with van der Waals surface area (Å²) in [7, 11) is 2.00. The van der Waals surface area contributed by atoms with E-state index in [1.165, 1.54) is 0 Å². The summed E-state index contributed by atoms with van der Waals surface area (Å²) in [6.07, 6.45) is 1.61. The van der Waals surface area contributed by atoms with Crippen molar-refractivity contribution in [3.63, 3.8) is 0 Å². The third-order valence-corrected chi connectivity index (χ3v) is 1.81. The molecule has 1 N–H and O–H groups in total. The van der Waals surface area contributed by atoms with E-state index >= 15 is 0 Å². The van der Waals surface area contributed by atoms with E-state index in [0.29, 0.717) is 0 Å². The summed E-state index contributed by atoms with van der Waals surface area (Å²) in [5, 5.41) is 9.23. The number of hydrogen-bond donors (Lipinski definition) is 1. The van der Waals surface area contributed by atoms with Crippen LogP contribution in [0.5, 0.6) is 0 Å². The number of aliphatic hydroxyl groups excluding tert-OH is 1. The molecule has 0 saturated carbocycles. The van der Waals surface area contributed by atoms with Crippen LogP contribution < -0.4 is 0 Å². The highest BCUT2D eigenvalue weighted by molar-refractivity contribution is 6.11. The molecule has 3 atom stereocenters. The van der Waals surface area contributed by atoms with E-state index in [0.717, 1.165) is 12.8 Å². The summed E-state index contributed by atoms with van der Waals surface area (Å²) in [4.78, 5) is 0. The zero-order chi connectivity index (χ0) is 6.85. The quantitative estimate of drug-likeness (QED) is 0.482. The van der Waals surface area contributed by atoms with Gasteiger partial charge in [-0.2, -0.15) is 0 Å². The monoisotopic (exact) mass is 128 g/mol. The number of aliphatic hydroxyl groups is 1. The van der Waals surface area contributed by atoms with Crippen molar-refractivity contribution in [2.45, 2.75) is 38.0 Å². The van der Waals surface area contributed by atoms with E-state index in [2.05, 4.69) is 0 Å². The fourth-order valence-electron chi connectivity index (χ4n) is 1.30. The lowest BCUT2D eigenvalue weighted by molar-refractivity contribution is 0.0305. The van der Waals surface area contributed by atoms with E-state index in [4.69, 9.17) is 4.74 Å². The minimum Gasteiger partial charge on any atom is -0.390 e. The predicted molar refractivity (Wildman–Crippen MR) is 38.1 cm³/mol. The topological polar surface area (TPSA) is 29.5 Å². The Balaban J connectivity index is 2.38. The number of rotatable bonds is 1. The van der Waals surface area contributed by atoms with Crippen LogP contribution >= 0.6 is 0 Å². The second-order valence-electron chi connectivity index (χ2n) is 2.70. The van der Waals surface area contributed by atoms with Crippen molar-refractivity contribution in [2.75, 3.05) is 0 Å². The van der Waals surface area contributed by atoms with Gasteiger partial charge in [0.05, 0.1) is 12.2 Å². The van der Waals surface area contributed by atoms with Gasteiger partial charge in [-0.05, 0) is 12.8 Å². The van der Waals surface area contributed by atoms with Crippen molar-refractivity contribution in [2.24, 2.45) is 0 Å². The lowest BCUT2D eigenvalue weighted by atomic mass is 9.96. The highest BCUT2D eigenvalue weighted by Crippen LogP contribution is 2.19. The molecule has 1 unspecified atom stereocenters. The van der Waals surface area contributed by atoms with Crippen LogP contribution in [-0.2, 0) is 4.74 Å². The van der Waals surface area contributed by atoms with Gasteiger partial charge in [-0.25, -0.2) is 0 Å². The molecule has 2 nitrogen and oxygen atoms in total. The zero-order valence-corrected chi connectivity index (χ0v) is 6.00. The molecule has 1 aliphatic heterocycles. The average molecular weight is 128 g/mol. The Kier molecular flexibility index (Phi) is 2.14. The molecule has 1 saturated heterocycles. The van der Waals surface area contributed by atoms with Crippen LogP contribution in [0.25, 0.3) is 0 Å². The lowest BCUT2D eigenvalue weighted by Crippen LogP contribution is -2.19. The van der Waals surface area contributed by atoms with E-state index in [1.54, 1.807) is 0 Å². The summed E-state index contributed by atoms with van der Waals surface area (Å²) in [6.45, 7) is 2.03. The first-order valence-electron chi connectivity index (χ1n) is 3.57. The molecule has 0 aromatic carbocycles. The van der Waals surface area contributed by atoms with Gasteiger partial charge in [0.15, 0.2) is 0 Å². The smallest absolute Gasteiger partial charge is 0.139 e. The third kappa shape index (κ3) is 1.46. The van der Waals surface area contributed by atoms with Crippen LogP contribution in [0.3, 0.4) is 0 Å². The van der Waals surface area contributed by atoms with Gasteiger partial charge in [-0.1, -0.05) is 6.92 Å². The molecule has 0 aromatic rings. The molecule has 52 valence electrons. The highest BCUT2D eigenvalue weighted by Gasteiger charge is 2.29. The summed E-state index contributed by atoms with van der Waals surface area (Å²) < 4.78 is 5.37. The molecular weight excluding hydrogens is 115 g/mol. The maximum absolute atomic E-state index is 9.23. The van der Waals surface area contributed by atoms with Crippen LogP contribution in [0, 0.1) is 0 Å². The SMILES string of the molecule is BC1C[C@H](O)[C@@H](CC)O1. The Hall–Kier alpha value is -0.0151. The summed E-state index contributed by atoms with van der Waals surface area (Å²) in [5.74, 6) is 0. The molecule has 0 aromatic heterocycles. The maximum atomic E-state index is 9.23. The molecule has 1 fully saturated rings. The molecule has 1 rings (SSSR count). The van der Waals surface area contributed by atoms with E-state index < -0.39 is 0 Å². The molecule has 0 bridgehead atoms. The van der Waals surface area contributed by atoms with Gasteiger partial charge in [0.2, 0.25) is 0 Å². The maximum Gasteiger partial charge on any atom is 0.139 e. The van der Waals surface area contributed by atoms with E-state index in [-0.39, 0.29) is 18.2 Å². The predicted octanol–water partition coefficient (Wildman–Crippen LogP) is -0.495. The molecule has 0 aliphatic carbocycles. The van der Waals surface area contributed by atoms with Crippen LogP contribution in [0.4, 0.5) is 0 Å². The van der Waals surface area contributed by atoms with Crippen LogP contribution in [0.2, 0.25) is 0 Å². The summed E-state index contributed by atoms with van der Waals surface area (Å²) >= 11 is 0. The van der Waals surface area contributed by atoms with Crippen molar-refractivity contribution in [3.8, 4) is 0 Å². The Bertz CT molecular complexity index is 97.1. The van der Waals surface area contributed by atoms with Gasteiger partial charge < -0.3 is 9.84 Å². The molecular formula is C6H13BO2. The first kappa shape index (κ1) is 7.10. The van der Waals surface area contributed by atoms with E-state index in [1.807, 2.05) is 14.8 Å². The Labute approximate surface area is 56.6 Å². The summed E-state index contributed by atoms with van der Waals surface area (Å²) in [6, 6.07) is 0.255. The van der Waals surface area contributed by atoms with Crippen LogP contribution in [0.1, 0.15) is 19.8 Å². The standard InChI is InChI=1S/C6H13BO2/c1-2-5-4(8)3-6(7)9-5/h4-6,8H,2-3,7H2,1H3/t4-,5+,6?/m0/s1. The van der Waals surface area contributed by atoms with Gasteiger partial charge >= 0.3 is 0 Å². The Morgan fingerprint density at radius 3 is 2.67 bits per heavy atom. The van der Waals surface area contributed by atoms with E-state index in [9.17, 15) is 5.11 Å². The fourth-order valence-corrected chi connectivity index (χ4v) is 1.30. The van der Waals surface area contributed by atoms with Gasteiger partial charge in [0.25, 0.3) is 0 Å². The first-order chi connectivity index (χ1) is 4.24.